The predicted molar refractivity (Wildman–Crippen MR) is 58.2 cm³/mol. The van der Waals surface area contributed by atoms with Crippen LogP contribution >= 0.6 is 0 Å². The van der Waals surface area contributed by atoms with Crippen LogP contribution in [0, 0.1) is 0 Å². The Morgan fingerprint density at radius 3 is 2.60 bits per heavy atom. The standard InChI is InChI=1S/C12H15NO2/c14-12(15)10-5-3-9(4-6-10)11-2-1-7-13-8-11/h3-6,11,13H,1-2,7-8H2,(H,14,15). The van der Waals surface area contributed by atoms with E-state index in [1.165, 1.54) is 18.4 Å². The largest absolute Gasteiger partial charge is 0.478 e. The van der Waals surface area contributed by atoms with E-state index in [0.29, 0.717) is 11.5 Å². The van der Waals surface area contributed by atoms with Crippen molar-refractivity contribution in [2.75, 3.05) is 13.1 Å². The first-order valence-corrected chi connectivity index (χ1v) is 5.31. The van der Waals surface area contributed by atoms with Crippen molar-refractivity contribution < 1.29 is 9.90 Å². The fourth-order valence-corrected chi connectivity index (χ4v) is 2.03. The van der Waals surface area contributed by atoms with Gasteiger partial charge in [-0.15, -0.1) is 0 Å². The molecule has 1 atom stereocenters. The van der Waals surface area contributed by atoms with E-state index in [1.807, 2.05) is 12.1 Å². The lowest BCUT2D eigenvalue weighted by Crippen LogP contribution is -2.28. The second-order valence-corrected chi connectivity index (χ2v) is 3.97. The van der Waals surface area contributed by atoms with E-state index in [-0.39, 0.29) is 0 Å². The van der Waals surface area contributed by atoms with Crippen LogP contribution in [-0.2, 0) is 0 Å². The van der Waals surface area contributed by atoms with Gasteiger partial charge in [0, 0.05) is 6.54 Å². The predicted octanol–water partition coefficient (Wildman–Crippen LogP) is 1.85. The van der Waals surface area contributed by atoms with Gasteiger partial charge in [-0.2, -0.15) is 0 Å². The summed E-state index contributed by atoms with van der Waals surface area (Å²) < 4.78 is 0. The third-order valence-electron chi connectivity index (χ3n) is 2.93. The highest BCUT2D eigenvalue weighted by atomic mass is 16.4. The lowest BCUT2D eigenvalue weighted by atomic mass is 9.91. The molecular formula is C12H15NO2. The van der Waals surface area contributed by atoms with Crippen LogP contribution < -0.4 is 5.32 Å². The van der Waals surface area contributed by atoms with E-state index in [4.69, 9.17) is 5.11 Å². The molecule has 0 aliphatic carbocycles. The first-order chi connectivity index (χ1) is 7.27. The maximum Gasteiger partial charge on any atom is 0.335 e. The minimum Gasteiger partial charge on any atom is -0.478 e. The van der Waals surface area contributed by atoms with Crippen LogP contribution in [0.5, 0.6) is 0 Å². The van der Waals surface area contributed by atoms with Crippen LogP contribution in [0.2, 0.25) is 0 Å². The fourth-order valence-electron chi connectivity index (χ4n) is 2.03. The van der Waals surface area contributed by atoms with Crippen molar-refractivity contribution >= 4 is 5.97 Å². The van der Waals surface area contributed by atoms with Gasteiger partial charge in [-0.25, -0.2) is 4.79 Å². The molecule has 1 aromatic carbocycles. The Morgan fingerprint density at radius 2 is 2.07 bits per heavy atom. The Kier molecular flexibility index (Phi) is 3.02. The van der Waals surface area contributed by atoms with E-state index in [2.05, 4.69) is 5.32 Å². The quantitative estimate of drug-likeness (QED) is 0.774. The molecule has 2 rings (SSSR count). The molecule has 2 N–H and O–H groups in total. The first-order valence-electron chi connectivity index (χ1n) is 5.31. The molecule has 1 heterocycles. The summed E-state index contributed by atoms with van der Waals surface area (Å²) in [5.41, 5.74) is 1.61. The summed E-state index contributed by atoms with van der Waals surface area (Å²) in [5.74, 6) is -0.315. The summed E-state index contributed by atoms with van der Waals surface area (Å²) in [4.78, 5) is 10.7. The fraction of sp³-hybridized carbons (Fsp3) is 0.417. The van der Waals surface area contributed by atoms with Gasteiger partial charge in [0.25, 0.3) is 0 Å². The zero-order valence-corrected chi connectivity index (χ0v) is 8.57. The minimum absolute atomic E-state index is 0.363. The van der Waals surface area contributed by atoms with Gasteiger partial charge >= 0.3 is 5.97 Å². The monoisotopic (exact) mass is 205 g/mol. The Hall–Kier alpha value is -1.35. The van der Waals surface area contributed by atoms with Crippen molar-refractivity contribution in [2.24, 2.45) is 0 Å². The summed E-state index contributed by atoms with van der Waals surface area (Å²) in [6, 6.07) is 7.24. The van der Waals surface area contributed by atoms with Gasteiger partial charge in [0.2, 0.25) is 0 Å². The molecule has 1 aromatic rings. The Labute approximate surface area is 89.1 Å². The maximum atomic E-state index is 10.7. The third kappa shape index (κ3) is 2.36. The van der Waals surface area contributed by atoms with Gasteiger partial charge in [0.1, 0.15) is 0 Å². The summed E-state index contributed by atoms with van der Waals surface area (Å²) in [6.45, 7) is 2.11. The van der Waals surface area contributed by atoms with Crippen LogP contribution in [0.15, 0.2) is 24.3 Å². The maximum absolute atomic E-state index is 10.7. The Bertz CT molecular complexity index is 339. The number of carboxylic acids is 1. The average molecular weight is 205 g/mol. The first kappa shape index (κ1) is 10.2. The molecule has 0 spiro atoms. The molecule has 1 fully saturated rings. The number of carboxylic acid groups (broad SMARTS) is 1. The van der Waals surface area contributed by atoms with E-state index < -0.39 is 5.97 Å². The number of hydrogen-bond donors (Lipinski definition) is 2. The second-order valence-electron chi connectivity index (χ2n) is 3.97. The smallest absolute Gasteiger partial charge is 0.335 e. The molecule has 1 saturated heterocycles. The van der Waals surface area contributed by atoms with Crippen LogP contribution in [0.1, 0.15) is 34.7 Å². The van der Waals surface area contributed by atoms with E-state index in [0.717, 1.165) is 13.1 Å². The van der Waals surface area contributed by atoms with Gasteiger partial charge in [-0.3, -0.25) is 0 Å². The van der Waals surface area contributed by atoms with E-state index in [1.54, 1.807) is 12.1 Å². The molecule has 0 amide bonds. The van der Waals surface area contributed by atoms with Crippen LogP contribution in [-0.4, -0.2) is 24.2 Å². The molecule has 3 nitrogen and oxygen atoms in total. The highest BCUT2D eigenvalue weighted by Gasteiger charge is 2.15. The lowest BCUT2D eigenvalue weighted by molar-refractivity contribution is 0.0697. The number of carbonyl (C=O) groups is 1. The van der Waals surface area contributed by atoms with Crippen molar-refractivity contribution in [2.45, 2.75) is 18.8 Å². The summed E-state index contributed by atoms with van der Waals surface area (Å²) in [6.07, 6.45) is 2.39. The van der Waals surface area contributed by atoms with E-state index >= 15 is 0 Å². The highest BCUT2D eigenvalue weighted by Crippen LogP contribution is 2.23. The zero-order valence-electron chi connectivity index (χ0n) is 8.57. The molecular weight excluding hydrogens is 190 g/mol. The van der Waals surface area contributed by atoms with Gasteiger partial charge < -0.3 is 10.4 Å². The molecule has 0 bridgehead atoms. The van der Waals surface area contributed by atoms with E-state index in [9.17, 15) is 4.79 Å². The summed E-state index contributed by atoms with van der Waals surface area (Å²) >= 11 is 0. The summed E-state index contributed by atoms with van der Waals surface area (Å²) in [7, 11) is 0. The molecule has 0 saturated carbocycles. The molecule has 80 valence electrons. The van der Waals surface area contributed by atoms with Crippen LogP contribution in [0.4, 0.5) is 0 Å². The number of piperidine rings is 1. The van der Waals surface area contributed by atoms with Gasteiger partial charge in [0.05, 0.1) is 5.56 Å². The zero-order chi connectivity index (χ0) is 10.7. The van der Waals surface area contributed by atoms with Crippen molar-refractivity contribution in [1.82, 2.24) is 5.32 Å². The van der Waals surface area contributed by atoms with Crippen LogP contribution in [0.25, 0.3) is 0 Å². The average Bonchev–Trinajstić information content (AvgIpc) is 2.30. The van der Waals surface area contributed by atoms with Crippen molar-refractivity contribution in [1.29, 1.82) is 0 Å². The van der Waals surface area contributed by atoms with Crippen LogP contribution in [0.3, 0.4) is 0 Å². The summed E-state index contributed by atoms with van der Waals surface area (Å²) in [5, 5.41) is 12.1. The number of rotatable bonds is 2. The van der Waals surface area contributed by atoms with Gasteiger partial charge in [0.15, 0.2) is 0 Å². The van der Waals surface area contributed by atoms with Crippen molar-refractivity contribution in [3.05, 3.63) is 35.4 Å². The minimum atomic E-state index is -0.858. The Morgan fingerprint density at radius 1 is 1.33 bits per heavy atom. The SMILES string of the molecule is O=C(O)c1ccc(C2CCCNC2)cc1. The van der Waals surface area contributed by atoms with Crippen molar-refractivity contribution in [3.63, 3.8) is 0 Å². The molecule has 1 aliphatic rings. The van der Waals surface area contributed by atoms with Crippen molar-refractivity contribution in [3.8, 4) is 0 Å². The molecule has 1 aliphatic heterocycles. The number of benzene rings is 1. The molecule has 15 heavy (non-hydrogen) atoms. The topological polar surface area (TPSA) is 49.3 Å². The van der Waals surface area contributed by atoms with Gasteiger partial charge in [-0.05, 0) is 43.0 Å². The second kappa shape index (κ2) is 4.45. The van der Waals surface area contributed by atoms with Gasteiger partial charge in [-0.1, -0.05) is 12.1 Å². The normalized spacial score (nSPS) is 21.2. The third-order valence-corrected chi connectivity index (χ3v) is 2.93. The molecule has 0 aromatic heterocycles. The molecule has 1 unspecified atom stereocenters. The molecule has 3 heteroatoms. The number of nitrogens with one attached hydrogen (secondary N) is 1. The lowest BCUT2D eigenvalue weighted by Gasteiger charge is -2.23. The Balaban J connectivity index is 2.11. The highest BCUT2D eigenvalue weighted by molar-refractivity contribution is 5.87. The number of hydrogen-bond acceptors (Lipinski definition) is 2. The number of aromatic carboxylic acids is 1. The molecule has 0 radical (unpaired) electrons.